The van der Waals surface area contributed by atoms with Crippen molar-refractivity contribution in [3.8, 4) is 11.5 Å². The number of nitrogens with one attached hydrogen (secondary N) is 1. The van der Waals surface area contributed by atoms with Crippen molar-refractivity contribution in [2.45, 2.75) is 26.3 Å². The van der Waals surface area contributed by atoms with Gasteiger partial charge in [0.05, 0.1) is 30.9 Å². The molecule has 1 aromatic carbocycles. The fourth-order valence-corrected chi connectivity index (χ4v) is 4.26. The van der Waals surface area contributed by atoms with Crippen molar-refractivity contribution in [1.29, 1.82) is 0 Å². The number of aliphatic hydroxyl groups is 1. The lowest BCUT2D eigenvalue weighted by Gasteiger charge is -2.25. The Kier molecular flexibility index (Phi) is 6.41. The number of quaternary nitrogens is 1. The molecule has 2 aliphatic heterocycles. The molecule has 1 aromatic heterocycles. The number of carbonyl (C=O) groups is 2. The molecule has 1 saturated heterocycles. The third kappa shape index (κ3) is 4.05. The van der Waals surface area contributed by atoms with E-state index < -0.39 is 17.7 Å². The molecule has 2 aliphatic rings. The standard InChI is InChI=1S/C24H27N3O5/c1-3-26(4-2)12-7-13-27-21(17-8-5-6-11-25-17)20(23(29)24(27)30)22(28)16-9-10-18-19(14-16)32-15-31-18/h5-6,8-11,14,21,28H,3-4,7,12-13,15H2,1-2H3/p+1/b22-20-/t21-/m1/s1. The summed E-state index contributed by atoms with van der Waals surface area (Å²) in [6.45, 7) is 7.67. The van der Waals surface area contributed by atoms with Crippen LogP contribution in [0.4, 0.5) is 0 Å². The van der Waals surface area contributed by atoms with E-state index in [0.29, 0.717) is 29.3 Å². The Morgan fingerprint density at radius 3 is 2.66 bits per heavy atom. The molecule has 0 radical (unpaired) electrons. The van der Waals surface area contributed by atoms with E-state index in [2.05, 4.69) is 18.8 Å². The zero-order valence-electron chi connectivity index (χ0n) is 18.3. The number of nitrogens with zero attached hydrogens (tertiary/aromatic N) is 2. The van der Waals surface area contributed by atoms with Crippen molar-refractivity contribution in [3.05, 3.63) is 59.4 Å². The van der Waals surface area contributed by atoms with Crippen LogP contribution in [0.2, 0.25) is 0 Å². The van der Waals surface area contributed by atoms with Crippen molar-refractivity contribution < 1.29 is 29.1 Å². The minimum absolute atomic E-state index is 0.0442. The Bertz CT molecular complexity index is 1030. The van der Waals surface area contributed by atoms with Gasteiger partial charge in [0, 0.05) is 24.7 Å². The van der Waals surface area contributed by atoms with Gasteiger partial charge in [-0.15, -0.1) is 0 Å². The first-order chi connectivity index (χ1) is 15.5. The van der Waals surface area contributed by atoms with Gasteiger partial charge in [0.25, 0.3) is 11.7 Å². The van der Waals surface area contributed by atoms with Gasteiger partial charge in [-0.2, -0.15) is 0 Å². The summed E-state index contributed by atoms with van der Waals surface area (Å²) >= 11 is 0. The number of benzene rings is 1. The maximum Gasteiger partial charge on any atom is 0.295 e. The van der Waals surface area contributed by atoms with Gasteiger partial charge in [0.2, 0.25) is 6.79 Å². The highest BCUT2D eigenvalue weighted by atomic mass is 16.7. The number of hydrogen-bond acceptors (Lipinski definition) is 6. The van der Waals surface area contributed by atoms with Gasteiger partial charge in [-0.1, -0.05) is 6.07 Å². The van der Waals surface area contributed by atoms with E-state index in [4.69, 9.17) is 9.47 Å². The third-order valence-electron chi connectivity index (χ3n) is 6.08. The van der Waals surface area contributed by atoms with Gasteiger partial charge in [-0.3, -0.25) is 14.6 Å². The van der Waals surface area contributed by atoms with Gasteiger partial charge in [0.15, 0.2) is 11.5 Å². The third-order valence-corrected chi connectivity index (χ3v) is 6.08. The molecular formula is C24H28N3O5+. The molecule has 1 fully saturated rings. The SMILES string of the molecule is CC[NH+](CC)CCCN1C(=O)C(=O)/C(=C(\O)c2ccc3c(c2)OCO3)[C@H]1c1ccccn1. The number of Topliss-reactive ketones (excluding diaryl/α,β-unsaturated/α-hetero) is 1. The molecule has 1 amide bonds. The summed E-state index contributed by atoms with van der Waals surface area (Å²) in [5.41, 5.74) is 0.979. The van der Waals surface area contributed by atoms with E-state index in [0.717, 1.165) is 26.1 Å². The van der Waals surface area contributed by atoms with E-state index >= 15 is 0 Å². The number of rotatable bonds is 8. The lowest BCUT2D eigenvalue weighted by atomic mass is 9.98. The molecule has 0 bridgehead atoms. The molecule has 168 valence electrons. The van der Waals surface area contributed by atoms with Crippen LogP contribution >= 0.6 is 0 Å². The van der Waals surface area contributed by atoms with Crippen LogP contribution in [0.1, 0.15) is 37.6 Å². The van der Waals surface area contributed by atoms with Crippen LogP contribution < -0.4 is 14.4 Å². The minimum atomic E-state index is -0.742. The number of pyridine rings is 1. The van der Waals surface area contributed by atoms with Crippen molar-refractivity contribution in [3.63, 3.8) is 0 Å². The van der Waals surface area contributed by atoms with Gasteiger partial charge in [0.1, 0.15) is 11.8 Å². The molecule has 0 aliphatic carbocycles. The molecule has 0 spiro atoms. The maximum absolute atomic E-state index is 13.1. The number of aromatic nitrogens is 1. The van der Waals surface area contributed by atoms with Crippen LogP contribution in [-0.2, 0) is 9.59 Å². The molecule has 0 saturated carbocycles. The first kappa shape index (κ1) is 21.8. The second kappa shape index (κ2) is 9.40. The Morgan fingerprint density at radius 1 is 1.16 bits per heavy atom. The average Bonchev–Trinajstić information content (AvgIpc) is 3.39. The summed E-state index contributed by atoms with van der Waals surface area (Å²) in [4.78, 5) is 33.4. The first-order valence-electron chi connectivity index (χ1n) is 11.0. The predicted octanol–water partition coefficient (Wildman–Crippen LogP) is 1.55. The number of ketones is 1. The number of aliphatic hydroxyl groups excluding tert-OH is 1. The highest BCUT2D eigenvalue weighted by molar-refractivity contribution is 6.46. The molecular weight excluding hydrogens is 410 g/mol. The summed E-state index contributed by atoms with van der Waals surface area (Å²) in [6, 6.07) is 9.55. The largest absolute Gasteiger partial charge is 0.507 e. The number of carbonyl (C=O) groups excluding carboxylic acids is 2. The summed E-state index contributed by atoms with van der Waals surface area (Å²) in [5, 5.41) is 11.1. The topological polar surface area (TPSA) is 93.4 Å². The molecule has 0 unspecified atom stereocenters. The second-order valence-corrected chi connectivity index (χ2v) is 7.88. The number of ether oxygens (including phenoxy) is 2. The van der Waals surface area contributed by atoms with Gasteiger partial charge in [-0.25, -0.2) is 0 Å². The quantitative estimate of drug-likeness (QED) is 0.369. The molecule has 32 heavy (non-hydrogen) atoms. The normalized spacial score (nSPS) is 19.2. The smallest absolute Gasteiger partial charge is 0.295 e. The fraction of sp³-hybridized carbons (Fsp3) is 0.375. The maximum atomic E-state index is 13.1. The Hall–Kier alpha value is -3.39. The highest BCUT2D eigenvalue weighted by Crippen LogP contribution is 2.40. The molecule has 8 heteroatoms. The Morgan fingerprint density at radius 2 is 1.94 bits per heavy atom. The van der Waals surface area contributed by atoms with Crippen LogP contribution in [-0.4, -0.2) is 59.7 Å². The van der Waals surface area contributed by atoms with Crippen LogP contribution in [0, 0.1) is 0 Å². The number of fused-ring (bicyclic) bond motifs is 1. The molecule has 1 atom stereocenters. The van der Waals surface area contributed by atoms with Crippen LogP contribution in [0.15, 0.2) is 48.2 Å². The van der Waals surface area contributed by atoms with E-state index in [1.165, 1.54) is 9.80 Å². The number of amides is 1. The van der Waals surface area contributed by atoms with Crippen molar-refractivity contribution >= 4 is 17.4 Å². The van der Waals surface area contributed by atoms with Crippen LogP contribution in [0.25, 0.3) is 5.76 Å². The Balaban J connectivity index is 1.71. The molecule has 2 N–H and O–H groups in total. The lowest BCUT2D eigenvalue weighted by Crippen LogP contribution is -3.11. The van der Waals surface area contributed by atoms with Gasteiger partial charge >= 0.3 is 0 Å². The number of hydrogen-bond donors (Lipinski definition) is 2. The lowest BCUT2D eigenvalue weighted by molar-refractivity contribution is -0.896. The molecule has 8 nitrogen and oxygen atoms in total. The van der Waals surface area contributed by atoms with Crippen molar-refractivity contribution in [2.24, 2.45) is 0 Å². The monoisotopic (exact) mass is 438 g/mol. The minimum Gasteiger partial charge on any atom is -0.507 e. The average molecular weight is 439 g/mol. The van der Waals surface area contributed by atoms with Gasteiger partial charge in [-0.05, 0) is 44.2 Å². The summed E-state index contributed by atoms with van der Waals surface area (Å²) in [7, 11) is 0. The van der Waals surface area contributed by atoms with E-state index in [1.807, 2.05) is 6.07 Å². The van der Waals surface area contributed by atoms with E-state index in [9.17, 15) is 14.7 Å². The summed E-state index contributed by atoms with van der Waals surface area (Å²) in [5.74, 6) is -0.500. The zero-order valence-corrected chi connectivity index (χ0v) is 18.3. The van der Waals surface area contributed by atoms with Crippen LogP contribution in [0.5, 0.6) is 11.5 Å². The van der Waals surface area contributed by atoms with E-state index in [1.54, 1.807) is 36.5 Å². The first-order valence-corrected chi connectivity index (χ1v) is 11.0. The van der Waals surface area contributed by atoms with Crippen molar-refractivity contribution in [1.82, 2.24) is 9.88 Å². The molecule has 3 heterocycles. The Labute approximate surface area is 187 Å². The summed E-state index contributed by atoms with van der Waals surface area (Å²) in [6.07, 6.45) is 2.37. The van der Waals surface area contributed by atoms with Gasteiger partial charge < -0.3 is 24.4 Å². The van der Waals surface area contributed by atoms with Crippen LogP contribution in [0.3, 0.4) is 0 Å². The summed E-state index contributed by atoms with van der Waals surface area (Å²) < 4.78 is 10.7. The molecule has 2 aromatic rings. The fourth-order valence-electron chi connectivity index (χ4n) is 4.26. The zero-order chi connectivity index (χ0) is 22.7. The number of likely N-dealkylation sites (tertiary alicyclic amines) is 1. The highest BCUT2D eigenvalue weighted by Gasteiger charge is 2.46. The van der Waals surface area contributed by atoms with E-state index in [-0.39, 0.29) is 18.1 Å². The van der Waals surface area contributed by atoms with Crippen molar-refractivity contribution in [2.75, 3.05) is 33.0 Å². The molecule has 4 rings (SSSR count). The predicted molar refractivity (Wildman–Crippen MR) is 117 cm³/mol. The second-order valence-electron chi connectivity index (χ2n) is 7.88.